The zero-order chi connectivity index (χ0) is 34.8. The molecule has 4 aromatic carbocycles. The molecule has 0 heterocycles. The van der Waals surface area contributed by atoms with Crippen molar-refractivity contribution in [1.29, 1.82) is 0 Å². The Hall–Kier alpha value is -2.57. The van der Waals surface area contributed by atoms with Crippen molar-refractivity contribution in [2.24, 2.45) is 11.3 Å². The van der Waals surface area contributed by atoms with E-state index in [0.29, 0.717) is 5.92 Å². The molecule has 0 saturated carbocycles. The summed E-state index contributed by atoms with van der Waals surface area (Å²) in [7, 11) is 0. The van der Waals surface area contributed by atoms with Crippen LogP contribution in [0.1, 0.15) is 122 Å². The molecule has 4 aliphatic rings. The number of allylic oxidation sites excluding steroid dienone is 8. The summed E-state index contributed by atoms with van der Waals surface area (Å²) < 4.78 is 6.41. The van der Waals surface area contributed by atoms with Crippen LogP contribution in [0.2, 0.25) is 0 Å². The number of hydrogen-bond acceptors (Lipinski definition) is 0. The molecule has 0 spiro atoms. The van der Waals surface area contributed by atoms with E-state index in [1.807, 2.05) is 0 Å². The van der Waals surface area contributed by atoms with Crippen LogP contribution >= 0.6 is 0 Å². The van der Waals surface area contributed by atoms with Gasteiger partial charge in [0.05, 0.1) is 0 Å². The number of fused-ring (bicyclic) bond motifs is 6. The molecule has 0 saturated heterocycles. The van der Waals surface area contributed by atoms with Gasteiger partial charge in [0.1, 0.15) is 0 Å². The van der Waals surface area contributed by atoms with Crippen LogP contribution in [0.4, 0.5) is 0 Å². The van der Waals surface area contributed by atoms with E-state index in [4.69, 9.17) is 0 Å². The fourth-order valence-electron chi connectivity index (χ4n) is 10.1. The van der Waals surface area contributed by atoms with E-state index < -0.39 is 21.3 Å². The zero-order valence-electron chi connectivity index (χ0n) is 32.3. The van der Waals surface area contributed by atoms with Gasteiger partial charge >= 0.3 is 305 Å². The topological polar surface area (TPSA) is 0 Å². The Labute approximate surface area is 327 Å². The van der Waals surface area contributed by atoms with Crippen molar-refractivity contribution < 1.29 is 46.1 Å². The van der Waals surface area contributed by atoms with Crippen molar-refractivity contribution in [2.45, 2.75) is 99.8 Å². The van der Waals surface area contributed by atoms with Crippen LogP contribution in [0.25, 0.3) is 33.0 Å². The third-order valence-electron chi connectivity index (χ3n) is 12.3. The monoisotopic (exact) mass is 788 g/mol. The van der Waals surface area contributed by atoms with Gasteiger partial charge in [0.2, 0.25) is 0 Å². The molecule has 4 aliphatic carbocycles. The van der Waals surface area contributed by atoms with E-state index in [-0.39, 0.29) is 41.1 Å². The summed E-state index contributed by atoms with van der Waals surface area (Å²) in [5.41, 5.74) is 19.8. The number of hydrogen-bond donors (Lipinski definition) is 0. The minimum absolute atomic E-state index is 0. The molecule has 0 aromatic heterocycles. The Kier molecular flexibility index (Phi) is 9.79. The van der Waals surface area contributed by atoms with E-state index in [0.717, 1.165) is 12.8 Å². The van der Waals surface area contributed by atoms with Gasteiger partial charge in [0, 0.05) is 0 Å². The molecule has 0 N–H and O–H groups in total. The molecule has 0 aliphatic heterocycles. The van der Waals surface area contributed by atoms with Crippen molar-refractivity contribution in [3.05, 3.63) is 136 Å². The Balaban J connectivity index is 0.00000224. The molecule has 0 fully saturated rings. The van der Waals surface area contributed by atoms with E-state index >= 15 is 0 Å². The maximum atomic E-state index is 2.83. The number of halogens is 2. The summed E-state index contributed by atoms with van der Waals surface area (Å²) in [6.07, 6.45) is 7.24. The summed E-state index contributed by atoms with van der Waals surface area (Å²) in [5.74, 6) is 0.476. The minimum atomic E-state index is -2.68. The van der Waals surface area contributed by atoms with Gasteiger partial charge in [-0.3, -0.25) is 0 Å². The van der Waals surface area contributed by atoms with Gasteiger partial charge in [0.15, 0.2) is 0 Å². The molecule has 0 bridgehead atoms. The SMILES string of the molecule is CCC1=[C]([Zr+2](=[CH]c2cccc3ccccc23)[C]2=C(C)c3cc4c(cc3C2(C)C)Cc2cc3c(cc2-4)C(C)=CC3(C)C)C(C)C=C1C(C)(C)C.[Cl-].[Cl-]. The molecular weight excluding hydrogens is 739 g/mol. The normalized spacial score (nSPS) is 19.3. The van der Waals surface area contributed by atoms with Crippen molar-refractivity contribution in [3.8, 4) is 11.1 Å². The Morgan fingerprint density at radius 1 is 0.804 bits per heavy atom. The standard InChI is InChI=1S/C25H25.C12H19.C11H8.2ClH.Zr/c1-14-12-24(3,4)22-8-16-7-17-9-23-19(15(2)13-25(23,5)6)11-21(17)20(16)10-18(14)22;1-6-10-7-9(2)8-11(10)12(3,4)5;1-9-5-4-7-10-6-2-3-8-11(9)10;;;/h8-12H,7H2,1-6H3;8-9H,6H2,1-5H3;1-8H;2*1H;/q;;;;;+2/p-2. The van der Waals surface area contributed by atoms with Crippen molar-refractivity contribution in [2.75, 3.05) is 0 Å². The molecule has 4 aromatic rings. The molecule has 0 nitrogen and oxygen atoms in total. The molecule has 3 heteroatoms. The molecule has 51 heavy (non-hydrogen) atoms. The maximum Gasteiger partial charge on any atom is -1.00 e. The predicted octanol–water partition coefficient (Wildman–Crippen LogP) is 6.89. The van der Waals surface area contributed by atoms with Crippen molar-refractivity contribution in [1.82, 2.24) is 0 Å². The number of rotatable bonds is 4. The van der Waals surface area contributed by atoms with Crippen LogP contribution in [0.3, 0.4) is 0 Å². The summed E-state index contributed by atoms with van der Waals surface area (Å²) in [4.78, 5) is 0. The largest absolute Gasteiger partial charge is 1.00 e. The first-order valence-corrected chi connectivity index (χ1v) is 22.4. The zero-order valence-corrected chi connectivity index (χ0v) is 36.3. The average molecular weight is 791 g/mol. The molecule has 1 unspecified atom stereocenters. The molecule has 0 amide bonds. The maximum absolute atomic E-state index is 2.83. The quantitative estimate of drug-likeness (QED) is 0.186. The number of benzene rings is 4. The van der Waals surface area contributed by atoms with Crippen LogP contribution in [0.5, 0.6) is 0 Å². The minimum Gasteiger partial charge on any atom is -1.00 e. The third-order valence-corrected chi connectivity index (χ3v) is 20.8. The van der Waals surface area contributed by atoms with Gasteiger partial charge in [-0.15, -0.1) is 0 Å². The van der Waals surface area contributed by atoms with Gasteiger partial charge in [-0.05, 0) is 0 Å². The first-order chi connectivity index (χ1) is 23.1. The second kappa shape index (κ2) is 13.1. The molecule has 1 atom stereocenters. The first kappa shape index (κ1) is 38.2. The van der Waals surface area contributed by atoms with Crippen LogP contribution in [0.15, 0.2) is 96.6 Å². The van der Waals surface area contributed by atoms with Gasteiger partial charge < -0.3 is 24.8 Å². The fraction of sp³-hybridized carbons (Fsp3) is 0.354. The third kappa shape index (κ3) is 5.84. The van der Waals surface area contributed by atoms with Crippen LogP contribution in [0, 0.1) is 11.3 Å². The fourth-order valence-corrected chi connectivity index (χ4v) is 19.2. The van der Waals surface area contributed by atoms with E-state index in [1.165, 1.54) is 60.9 Å². The van der Waals surface area contributed by atoms with E-state index in [2.05, 4.69) is 159 Å². The van der Waals surface area contributed by atoms with Crippen LogP contribution in [-0.2, 0) is 38.5 Å². The van der Waals surface area contributed by atoms with Gasteiger partial charge in [-0.2, -0.15) is 0 Å². The van der Waals surface area contributed by atoms with Gasteiger partial charge in [0.25, 0.3) is 0 Å². The Bertz CT molecular complexity index is 2290. The Morgan fingerprint density at radius 3 is 2.10 bits per heavy atom. The summed E-state index contributed by atoms with van der Waals surface area (Å²) in [6, 6.07) is 26.2. The van der Waals surface area contributed by atoms with E-state index in [9.17, 15) is 0 Å². The second-order valence-corrected chi connectivity index (χ2v) is 22.7. The van der Waals surface area contributed by atoms with Gasteiger partial charge in [-0.25, -0.2) is 0 Å². The summed E-state index contributed by atoms with van der Waals surface area (Å²) in [5, 5.41) is 2.73. The van der Waals surface area contributed by atoms with Crippen LogP contribution < -0.4 is 24.8 Å². The molecule has 262 valence electrons. The molecule has 0 radical (unpaired) electrons. The van der Waals surface area contributed by atoms with Crippen LogP contribution in [-0.4, -0.2) is 3.71 Å². The first-order valence-electron chi connectivity index (χ1n) is 18.5. The summed E-state index contributed by atoms with van der Waals surface area (Å²) in [6.45, 7) is 26.7. The second-order valence-electron chi connectivity index (χ2n) is 17.5. The average Bonchev–Trinajstić information content (AvgIpc) is 3.70. The Morgan fingerprint density at radius 2 is 1.43 bits per heavy atom. The van der Waals surface area contributed by atoms with Crippen molar-refractivity contribution >= 4 is 25.6 Å². The summed E-state index contributed by atoms with van der Waals surface area (Å²) >= 11 is -2.68. The van der Waals surface area contributed by atoms with Gasteiger partial charge in [-0.1, -0.05) is 0 Å². The smallest absolute Gasteiger partial charge is 1.00 e. The molecular formula is C48H52Cl2Zr. The molecule has 8 rings (SSSR count). The van der Waals surface area contributed by atoms with E-state index in [1.54, 1.807) is 28.8 Å². The van der Waals surface area contributed by atoms with Crippen molar-refractivity contribution in [3.63, 3.8) is 0 Å². The predicted molar refractivity (Wildman–Crippen MR) is 210 cm³/mol.